The molecule has 0 spiro atoms. The number of halogens is 1. The molecule has 1 aromatic heterocycles. The Balaban J connectivity index is 2.46. The van der Waals surface area contributed by atoms with Crippen molar-refractivity contribution in [1.29, 1.82) is 0 Å². The second-order valence-corrected chi connectivity index (χ2v) is 5.03. The molecule has 1 N–H and O–H groups in total. The number of amides is 1. The highest BCUT2D eigenvalue weighted by Gasteiger charge is 2.16. The van der Waals surface area contributed by atoms with Crippen molar-refractivity contribution in [2.45, 2.75) is 32.9 Å². The van der Waals surface area contributed by atoms with Crippen molar-refractivity contribution in [3.63, 3.8) is 0 Å². The quantitative estimate of drug-likeness (QED) is 0.898. The Kier molecular flexibility index (Phi) is 3.90. The molecule has 0 saturated heterocycles. The van der Waals surface area contributed by atoms with Gasteiger partial charge in [-0.15, -0.1) is 5.10 Å². The van der Waals surface area contributed by atoms with E-state index in [4.69, 9.17) is 4.74 Å². The lowest BCUT2D eigenvalue weighted by molar-refractivity contribution is 0.0522. The van der Waals surface area contributed by atoms with Crippen LogP contribution in [0.4, 0.5) is 4.79 Å². The van der Waals surface area contributed by atoms with Gasteiger partial charge in [0.05, 0.1) is 6.54 Å². The van der Waals surface area contributed by atoms with Crippen molar-refractivity contribution in [2.24, 2.45) is 7.05 Å². The van der Waals surface area contributed by atoms with Crippen molar-refractivity contribution in [3.8, 4) is 0 Å². The lowest BCUT2D eigenvalue weighted by Gasteiger charge is -2.19. The molecule has 0 aliphatic heterocycles. The number of hydrogen-bond acceptors (Lipinski definition) is 4. The monoisotopic (exact) mass is 290 g/mol. The molecule has 0 radical (unpaired) electrons. The summed E-state index contributed by atoms with van der Waals surface area (Å²) in [5, 5.41) is 10.7. The first kappa shape index (κ1) is 13.0. The summed E-state index contributed by atoms with van der Waals surface area (Å²) in [6.45, 7) is 5.71. The Morgan fingerprint density at radius 3 is 2.56 bits per heavy atom. The highest BCUT2D eigenvalue weighted by molar-refractivity contribution is 9.10. The molecule has 0 aliphatic carbocycles. The molecule has 0 saturated carbocycles. The Labute approximate surface area is 102 Å². The topological polar surface area (TPSA) is 69.0 Å². The third-order valence-corrected chi connectivity index (χ3v) is 2.15. The van der Waals surface area contributed by atoms with Crippen LogP contribution in [0.3, 0.4) is 0 Å². The van der Waals surface area contributed by atoms with E-state index in [0.29, 0.717) is 10.3 Å². The number of aryl methyl sites for hydroxylation is 1. The van der Waals surface area contributed by atoms with E-state index in [-0.39, 0.29) is 6.54 Å². The fourth-order valence-electron chi connectivity index (χ4n) is 1.00. The molecular formula is C9H15BrN4O2. The van der Waals surface area contributed by atoms with Gasteiger partial charge in [-0.3, -0.25) is 0 Å². The fourth-order valence-corrected chi connectivity index (χ4v) is 1.45. The molecule has 1 amide bonds. The molecule has 1 aromatic rings. The third kappa shape index (κ3) is 4.18. The SMILES string of the molecule is Cn1nc(Br)c(CNC(=O)OC(C)(C)C)n1. The second-order valence-electron chi connectivity index (χ2n) is 4.28. The number of alkyl carbamates (subject to hydrolysis) is 1. The van der Waals surface area contributed by atoms with Crippen LogP contribution in [0.2, 0.25) is 0 Å². The maximum atomic E-state index is 11.3. The Morgan fingerprint density at radius 1 is 1.50 bits per heavy atom. The van der Waals surface area contributed by atoms with E-state index < -0.39 is 11.7 Å². The fraction of sp³-hybridized carbons (Fsp3) is 0.667. The van der Waals surface area contributed by atoms with Gasteiger partial charge < -0.3 is 10.1 Å². The summed E-state index contributed by atoms with van der Waals surface area (Å²) in [7, 11) is 1.71. The van der Waals surface area contributed by atoms with Crippen LogP contribution in [0.25, 0.3) is 0 Å². The van der Waals surface area contributed by atoms with E-state index in [9.17, 15) is 4.79 Å². The van der Waals surface area contributed by atoms with Gasteiger partial charge >= 0.3 is 6.09 Å². The number of carbonyl (C=O) groups excluding carboxylic acids is 1. The number of nitrogens with zero attached hydrogens (tertiary/aromatic N) is 3. The maximum Gasteiger partial charge on any atom is 0.407 e. The predicted molar refractivity (Wildman–Crippen MR) is 61.8 cm³/mol. The molecule has 7 heteroatoms. The molecule has 0 aromatic carbocycles. The van der Waals surface area contributed by atoms with Gasteiger partial charge in [0.2, 0.25) is 0 Å². The van der Waals surface area contributed by atoms with Crippen molar-refractivity contribution < 1.29 is 9.53 Å². The first-order valence-electron chi connectivity index (χ1n) is 4.80. The second kappa shape index (κ2) is 4.82. The summed E-state index contributed by atoms with van der Waals surface area (Å²) in [4.78, 5) is 12.8. The predicted octanol–water partition coefficient (Wildman–Crippen LogP) is 1.60. The van der Waals surface area contributed by atoms with Crippen molar-refractivity contribution in [3.05, 3.63) is 10.3 Å². The van der Waals surface area contributed by atoms with Crippen LogP contribution in [0.1, 0.15) is 26.5 Å². The van der Waals surface area contributed by atoms with Gasteiger partial charge in [0.1, 0.15) is 11.3 Å². The van der Waals surface area contributed by atoms with E-state index in [1.165, 1.54) is 4.80 Å². The lowest BCUT2D eigenvalue weighted by atomic mass is 10.2. The van der Waals surface area contributed by atoms with Crippen LogP contribution in [-0.4, -0.2) is 26.7 Å². The largest absolute Gasteiger partial charge is 0.444 e. The normalized spacial score (nSPS) is 11.3. The van der Waals surface area contributed by atoms with E-state index in [1.54, 1.807) is 7.05 Å². The number of carbonyl (C=O) groups is 1. The van der Waals surface area contributed by atoms with Gasteiger partial charge in [-0.1, -0.05) is 0 Å². The van der Waals surface area contributed by atoms with Crippen molar-refractivity contribution >= 4 is 22.0 Å². The number of nitrogens with one attached hydrogen (secondary N) is 1. The summed E-state index contributed by atoms with van der Waals surface area (Å²) < 4.78 is 5.70. The van der Waals surface area contributed by atoms with Gasteiger partial charge in [-0.25, -0.2) is 4.79 Å². The van der Waals surface area contributed by atoms with Crippen LogP contribution < -0.4 is 5.32 Å². The van der Waals surface area contributed by atoms with E-state index >= 15 is 0 Å². The third-order valence-electron chi connectivity index (χ3n) is 1.54. The first-order chi connectivity index (χ1) is 7.28. The zero-order valence-corrected chi connectivity index (χ0v) is 11.3. The highest BCUT2D eigenvalue weighted by atomic mass is 79.9. The summed E-state index contributed by atoms with van der Waals surface area (Å²) in [5.41, 5.74) is 0.164. The van der Waals surface area contributed by atoms with E-state index in [0.717, 1.165) is 0 Å². The van der Waals surface area contributed by atoms with Crippen molar-refractivity contribution in [1.82, 2.24) is 20.3 Å². The average molecular weight is 291 g/mol. The molecule has 16 heavy (non-hydrogen) atoms. The molecule has 1 heterocycles. The summed E-state index contributed by atoms with van der Waals surface area (Å²) >= 11 is 3.24. The standard InChI is InChI=1S/C9H15BrN4O2/c1-9(2,3)16-8(15)11-5-6-7(10)13-14(4)12-6/h5H2,1-4H3,(H,11,15). The molecule has 0 bridgehead atoms. The Bertz CT molecular complexity index is 383. The minimum atomic E-state index is -0.496. The smallest absolute Gasteiger partial charge is 0.407 e. The van der Waals surface area contributed by atoms with E-state index in [1.807, 2.05) is 20.8 Å². The number of rotatable bonds is 2. The zero-order valence-electron chi connectivity index (χ0n) is 9.74. The average Bonchev–Trinajstić information content (AvgIpc) is 2.38. The summed E-state index contributed by atoms with van der Waals surface area (Å²) in [5.74, 6) is 0. The number of hydrogen-bond donors (Lipinski definition) is 1. The van der Waals surface area contributed by atoms with Gasteiger partial charge in [-0.2, -0.15) is 9.90 Å². The van der Waals surface area contributed by atoms with E-state index in [2.05, 4.69) is 31.4 Å². The van der Waals surface area contributed by atoms with Crippen LogP contribution in [0.5, 0.6) is 0 Å². The van der Waals surface area contributed by atoms with Gasteiger partial charge in [0.25, 0.3) is 0 Å². The van der Waals surface area contributed by atoms with Crippen LogP contribution in [0, 0.1) is 0 Å². The molecule has 6 nitrogen and oxygen atoms in total. The number of ether oxygens (including phenoxy) is 1. The number of aromatic nitrogens is 3. The molecule has 1 rings (SSSR count). The Morgan fingerprint density at radius 2 is 2.12 bits per heavy atom. The minimum absolute atomic E-state index is 0.281. The summed E-state index contributed by atoms with van der Waals surface area (Å²) in [6.07, 6.45) is -0.468. The molecule has 0 atom stereocenters. The molecule has 0 aliphatic rings. The summed E-state index contributed by atoms with van der Waals surface area (Å²) in [6, 6.07) is 0. The minimum Gasteiger partial charge on any atom is -0.444 e. The van der Waals surface area contributed by atoms with Crippen LogP contribution >= 0.6 is 15.9 Å². The van der Waals surface area contributed by atoms with Crippen LogP contribution in [-0.2, 0) is 18.3 Å². The van der Waals surface area contributed by atoms with Crippen molar-refractivity contribution in [2.75, 3.05) is 0 Å². The zero-order chi connectivity index (χ0) is 12.3. The molecule has 0 fully saturated rings. The van der Waals surface area contributed by atoms with Gasteiger partial charge in [0, 0.05) is 7.05 Å². The lowest BCUT2D eigenvalue weighted by Crippen LogP contribution is -2.32. The molecule has 90 valence electrons. The van der Waals surface area contributed by atoms with Gasteiger partial charge in [0.15, 0.2) is 4.60 Å². The highest BCUT2D eigenvalue weighted by Crippen LogP contribution is 2.10. The maximum absolute atomic E-state index is 11.3. The first-order valence-corrected chi connectivity index (χ1v) is 5.60. The Hall–Kier alpha value is -1.11. The van der Waals surface area contributed by atoms with Gasteiger partial charge in [-0.05, 0) is 36.7 Å². The van der Waals surface area contributed by atoms with Crippen LogP contribution in [0.15, 0.2) is 4.60 Å². The molecular weight excluding hydrogens is 276 g/mol. The molecule has 0 unspecified atom stereocenters.